The minimum atomic E-state index is -0.671. The van der Waals surface area contributed by atoms with E-state index < -0.39 is 6.09 Å². The van der Waals surface area contributed by atoms with Crippen molar-refractivity contribution in [2.45, 2.75) is 0 Å². The number of rotatable bonds is 4. The molecule has 0 atom stereocenters. The number of anilines is 2. The van der Waals surface area contributed by atoms with Gasteiger partial charge in [0.15, 0.2) is 5.82 Å². The number of ether oxygens (including phenoxy) is 1. The topological polar surface area (TPSA) is 107 Å². The van der Waals surface area contributed by atoms with Crippen molar-refractivity contribution in [2.75, 3.05) is 18.2 Å². The molecule has 0 aliphatic heterocycles. The summed E-state index contributed by atoms with van der Waals surface area (Å²) in [6.07, 6.45) is -0.671. The number of aromatic nitrogens is 2. The Balaban J connectivity index is 2.03. The molecule has 0 spiro atoms. The maximum Gasteiger partial charge on any atom is 0.411 e. The molecule has 0 unspecified atom stereocenters. The first-order chi connectivity index (χ1) is 12.2. The minimum Gasteiger partial charge on any atom is -0.453 e. The zero-order valence-electron chi connectivity index (χ0n) is 13.5. The minimum absolute atomic E-state index is 0.176. The maximum atomic E-state index is 11.6. The molecule has 8 heteroatoms. The van der Waals surface area contributed by atoms with Gasteiger partial charge in [0.2, 0.25) is 5.82 Å². The van der Waals surface area contributed by atoms with E-state index in [9.17, 15) is 4.79 Å². The first-order valence-corrected chi connectivity index (χ1v) is 7.44. The van der Waals surface area contributed by atoms with Crippen LogP contribution < -0.4 is 11.1 Å². The van der Waals surface area contributed by atoms with Crippen molar-refractivity contribution in [1.82, 2.24) is 9.78 Å². The average Bonchev–Trinajstić information content (AvgIpc) is 2.97. The molecule has 3 N–H and O–H groups in total. The molecule has 0 aliphatic rings. The Bertz CT molecular complexity index is 890. The van der Waals surface area contributed by atoms with Crippen LogP contribution in [0.25, 0.3) is 5.69 Å². The lowest BCUT2D eigenvalue weighted by molar-refractivity contribution is 0.187. The molecule has 1 aromatic heterocycles. The van der Waals surface area contributed by atoms with Crippen LogP contribution in [0.15, 0.2) is 70.9 Å². The highest BCUT2D eigenvalue weighted by Gasteiger charge is 2.19. The second-order valence-corrected chi connectivity index (χ2v) is 4.98. The second kappa shape index (κ2) is 7.26. The predicted octanol–water partition coefficient (Wildman–Crippen LogP) is 4.05. The number of nitrogen functional groups attached to an aromatic ring is 1. The highest BCUT2D eigenvalue weighted by molar-refractivity contribution is 5.92. The van der Waals surface area contributed by atoms with Gasteiger partial charge in [-0.15, -0.1) is 15.3 Å². The summed E-state index contributed by atoms with van der Waals surface area (Å²) in [5.41, 5.74) is 7.75. The van der Waals surface area contributed by atoms with E-state index in [1.165, 1.54) is 11.8 Å². The SMILES string of the molecule is COC(=O)Nc1c(N=Nc2ccccc2)nn(-c2ccccc2)c1N. The highest BCUT2D eigenvalue weighted by Crippen LogP contribution is 2.33. The van der Waals surface area contributed by atoms with Gasteiger partial charge < -0.3 is 10.5 Å². The molecule has 2 aromatic carbocycles. The summed E-state index contributed by atoms with van der Waals surface area (Å²) in [6, 6.07) is 18.4. The van der Waals surface area contributed by atoms with Crippen LogP contribution in [-0.4, -0.2) is 23.0 Å². The van der Waals surface area contributed by atoms with Gasteiger partial charge in [0.1, 0.15) is 5.69 Å². The summed E-state index contributed by atoms with van der Waals surface area (Å²) >= 11 is 0. The van der Waals surface area contributed by atoms with Crippen LogP contribution in [0.2, 0.25) is 0 Å². The second-order valence-electron chi connectivity index (χ2n) is 4.98. The zero-order chi connectivity index (χ0) is 17.6. The molecule has 8 nitrogen and oxygen atoms in total. The molecule has 0 saturated heterocycles. The summed E-state index contributed by atoms with van der Waals surface area (Å²) in [5.74, 6) is 0.397. The van der Waals surface area contributed by atoms with Crippen molar-refractivity contribution >= 4 is 29.1 Å². The number of carbonyl (C=O) groups excluding carboxylic acids is 1. The van der Waals surface area contributed by atoms with Crippen LogP contribution in [0.3, 0.4) is 0 Å². The molecule has 0 radical (unpaired) electrons. The van der Waals surface area contributed by atoms with Gasteiger partial charge in [0, 0.05) is 0 Å². The van der Waals surface area contributed by atoms with Gasteiger partial charge in [0.05, 0.1) is 18.5 Å². The number of nitrogens with zero attached hydrogens (tertiary/aromatic N) is 4. The third kappa shape index (κ3) is 3.63. The normalized spacial score (nSPS) is 10.8. The number of azo groups is 1. The smallest absolute Gasteiger partial charge is 0.411 e. The van der Waals surface area contributed by atoms with Gasteiger partial charge in [-0.3, -0.25) is 5.32 Å². The highest BCUT2D eigenvalue weighted by atomic mass is 16.5. The van der Waals surface area contributed by atoms with E-state index in [-0.39, 0.29) is 17.3 Å². The van der Waals surface area contributed by atoms with Crippen LogP contribution in [0.4, 0.5) is 27.8 Å². The largest absolute Gasteiger partial charge is 0.453 e. The Hall–Kier alpha value is -3.68. The van der Waals surface area contributed by atoms with E-state index in [4.69, 9.17) is 5.73 Å². The number of carbonyl (C=O) groups is 1. The molecule has 0 fully saturated rings. The Morgan fingerprint density at radius 2 is 1.72 bits per heavy atom. The molecule has 25 heavy (non-hydrogen) atoms. The zero-order valence-corrected chi connectivity index (χ0v) is 13.5. The maximum absolute atomic E-state index is 11.6. The van der Waals surface area contributed by atoms with E-state index >= 15 is 0 Å². The van der Waals surface area contributed by atoms with Crippen molar-refractivity contribution in [2.24, 2.45) is 10.2 Å². The first kappa shape index (κ1) is 16.2. The number of amides is 1. The van der Waals surface area contributed by atoms with Crippen LogP contribution >= 0.6 is 0 Å². The third-order valence-electron chi connectivity index (χ3n) is 3.33. The van der Waals surface area contributed by atoms with Crippen LogP contribution in [0.1, 0.15) is 0 Å². The molecule has 3 rings (SSSR count). The number of benzene rings is 2. The van der Waals surface area contributed by atoms with Gasteiger partial charge in [0.25, 0.3) is 0 Å². The third-order valence-corrected chi connectivity index (χ3v) is 3.33. The lowest BCUT2D eigenvalue weighted by Crippen LogP contribution is -2.12. The average molecular weight is 336 g/mol. The van der Waals surface area contributed by atoms with Gasteiger partial charge >= 0.3 is 6.09 Å². The number of methoxy groups -OCH3 is 1. The molecule has 1 heterocycles. The summed E-state index contributed by atoms with van der Waals surface area (Å²) in [6.45, 7) is 0. The van der Waals surface area contributed by atoms with Gasteiger partial charge in [-0.05, 0) is 24.3 Å². The predicted molar refractivity (Wildman–Crippen MR) is 94.6 cm³/mol. The fourth-order valence-corrected chi connectivity index (χ4v) is 2.13. The van der Waals surface area contributed by atoms with Gasteiger partial charge in [-0.1, -0.05) is 36.4 Å². The standard InChI is InChI=1S/C17H16N6O2/c1-25-17(24)19-14-15(18)23(13-10-6-3-7-11-13)22-16(14)21-20-12-8-4-2-5-9-12/h2-11H,18H2,1H3,(H,19,24). The Morgan fingerprint density at radius 3 is 2.36 bits per heavy atom. The molecule has 3 aromatic rings. The van der Waals surface area contributed by atoms with E-state index in [1.807, 2.05) is 48.5 Å². The Morgan fingerprint density at radius 1 is 1.08 bits per heavy atom. The first-order valence-electron chi connectivity index (χ1n) is 7.44. The fourth-order valence-electron chi connectivity index (χ4n) is 2.13. The van der Waals surface area contributed by atoms with Crippen LogP contribution in [0.5, 0.6) is 0 Å². The molecule has 0 saturated carbocycles. The number of hydrogen-bond acceptors (Lipinski definition) is 6. The molecule has 0 aliphatic carbocycles. The lowest BCUT2D eigenvalue weighted by atomic mass is 10.3. The Kier molecular flexibility index (Phi) is 4.70. The molecule has 126 valence electrons. The summed E-state index contributed by atoms with van der Waals surface area (Å²) in [4.78, 5) is 11.6. The van der Waals surface area contributed by atoms with E-state index in [1.54, 1.807) is 12.1 Å². The summed E-state index contributed by atoms with van der Waals surface area (Å²) < 4.78 is 6.10. The van der Waals surface area contributed by atoms with Crippen LogP contribution in [0, 0.1) is 0 Å². The number of hydrogen-bond donors (Lipinski definition) is 2. The van der Waals surface area contributed by atoms with E-state index in [0.29, 0.717) is 5.69 Å². The van der Waals surface area contributed by atoms with Gasteiger partial charge in [-0.2, -0.15) is 0 Å². The number of para-hydroxylation sites is 1. The number of nitrogens with two attached hydrogens (primary N) is 1. The molecule has 1 amide bonds. The van der Waals surface area contributed by atoms with Crippen LogP contribution in [-0.2, 0) is 4.74 Å². The summed E-state index contributed by atoms with van der Waals surface area (Å²) in [7, 11) is 1.26. The number of nitrogens with one attached hydrogen (secondary N) is 1. The summed E-state index contributed by atoms with van der Waals surface area (Å²) in [5, 5.41) is 15.1. The van der Waals surface area contributed by atoms with Crippen molar-refractivity contribution in [3.05, 3.63) is 60.7 Å². The Labute approximate surface area is 143 Å². The van der Waals surface area contributed by atoms with Crippen molar-refractivity contribution in [3.8, 4) is 5.69 Å². The fraction of sp³-hybridized carbons (Fsp3) is 0.0588. The molecular formula is C17H16N6O2. The lowest BCUT2D eigenvalue weighted by Gasteiger charge is -2.05. The molecular weight excluding hydrogens is 320 g/mol. The van der Waals surface area contributed by atoms with Crippen molar-refractivity contribution in [3.63, 3.8) is 0 Å². The molecule has 0 bridgehead atoms. The monoisotopic (exact) mass is 336 g/mol. The quantitative estimate of drug-likeness (QED) is 0.701. The van der Waals surface area contributed by atoms with Crippen molar-refractivity contribution < 1.29 is 9.53 Å². The van der Waals surface area contributed by atoms with E-state index in [0.717, 1.165) is 5.69 Å². The van der Waals surface area contributed by atoms with E-state index in [2.05, 4.69) is 25.4 Å². The van der Waals surface area contributed by atoms with Crippen molar-refractivity contribution in [1.29, 1.82) is 0 Å². The van der Waals surface area contributed by atoms with Gasteiger partial charge in [-0.25, -0.2) is 9.48 Å².